The molecule has 0 fully saturated rings. The highest BCUT2D eigenvalue weighted by atomic mass is 35.5. The summed E-state index contributed by atoms with van der Waals surface area (Å²) in [7, 11) is 1.27. The van der Waals surface area contributed by atoms with Crippen molar-refractivity contribution in [1.82, 2.24) is 4.42 Å². The Kier molecular flexibility index (Phi) is 9.04. The summed E-state index contributed by atoms with van der Waals surface area (Å²) in [4.78, 5) is 12.9. The molecule has 31 heavy (non-hydrogen) atoms. The standard InChI is InChI=1S/C21H25ClFN3O5/c1-3-30-17-10-15(16(23)11-18(17)31-9-8-27)19(29-2)21(28)26(22)12-13-4-6-14(7-5-13)20(24)25/h4-7,10-11,19,27H,3,8-9,12H2,1-2H3,(H3,24,25). The maximum atomic E-state index is 14.8. The molecule has 0 aliphatic heterocycles. The number of hydrogen-bond acceptors (Lipinski definition) is 6. The molecule has 2 aromatic rings. The number of ether oxygens (including phenoxy) is 3. The number of amides is 1. The molecule has 2 aromatic carbocycles. The molecule has 4 N–H and O–H groups in total. The number of rotatable bonds is 11. The summed E-state index contributed by atoms with van der Waals surface area (Å²) in [5, 5.41) is 16.3. The molecule has 0 radical (unpaired) electrons. The number of hydrogen-bond donors (Lipinski definition) is 3. The molecule has 168 valence electrons. The quantitative estimate of drug-likeness (QED) is 0.273. The molecule has 1 amide bonds. The number of nitrogens with one attached hydrogen (secondary N) is 1. The number of nitrogens with two attached hydrogens (primary N) is 1. The van der Waals surface area contributed by atoms with Gasteiger partial charge in [0.1, 0.15) is 18.3 Å². The molecular formula is C21H25ClFN3O5. The Morgan fingerprint density at radius 3 is 2.45 bits per heavy atom. The molecule has 0 aliphatic carbocycles. The van der Waals surface area contributed by atoms with Gasteiger partial charge in [-0.25, -0.2) is 8.81 Å². The topological polar surface area (TPSA) is 118 Å². The number of nitrogen functional groups attached to an aromatic ring is 1. The number of methoxy groups -OCH3 is 1. The van der Waals surface area contributed by atoms with E-state index in [1.54, 1.807) is 31.2 Å². The lowest BCUT2D eigenvalue weighted by Gasteiger charge is -2.22. The van der Waals surface area contributed by atoms with Gasteiger partial charge in [0, 0.05) is 36.1 Å². The minimum atomic E-state index is -1.32. The predicted molar refractivity (Wildman–Crippen MR) is 114 cm³/mol. The summed E-state index contributed by atoms with van der Waals surface area (Å²) in [5.41, 5.74) is 6.59. The van der Waals surface area contributed by atoms with Crippen molar-refractivity contribution >= 4 is 23.5 Å². The van der Waals surface area contributed by atoms with Crippen molar-refractivity contribution in [2.24, 2.45) is 5.73 Å². The van der Waals surface area contributed by atoms with Crippen molar-refractivity contribution in [3.63, 3.8) is 0 Å². The van der Waals surface area contributed by atoms with Gasteiger partial charge in [0.05, 0.1) is 19.8 Å². The van der Waals surface area contributed by atoms with Gasteiger partial charge < -0.3 is 25.1 Å². The summed E-state index contributed by atoms with van der Waals surface area (Å²) in [6.45, 7) is 1.77. The molecular weight excluding hydrogens is 429 g/mol. The van der Waals surface area contributed by atoms with Crippen LogP contribution in [0, 0.1) is 11.2 Å². The number of halogens is 2. The van der Waals surface area contributed by atoms with E-state index in [0.717, 1.165) is 10.5 Å². The van der Waals surface area contributed by atoms with Gasteiger partial charge in [-0.1, -0.05) is 24.3 Å². The fourth-order valence-electron chi connectivity index (χ4n) is 2.80. The van der Waals surface area contributed by atoms with Crippen LogP contribution in [0.3, 0.4) is 0 Å². The molecule has 0 aliphatic rings. The lowest BCUT2D eigenvalue weighted by Crippen LogP contribution is -2.29. The second-order valence-corrected chi connectivity index (χ2v) is 6.82. The minimum absolute atomic E-state index is 0.0239. The van der Waals surface area contributed by atoms with E-state index in [1.165, 1.54) is 13.2 Å². The Balaban J connectivity index is 2.25. The number of aliphatic hydroxyl groups excluding tert-OH is 1. The van der Waals surface area contributed by atoms with Crippen LogP contribution in [0.5, 0.6) is 11.5 Å². The zero-order chi connectivity index (χ0) is 23.0. The van der Waals surface area contributed by atoms with Crippen LogP contribution >= 0.6 is 11.8 Å². The lowest BCUT2D eigenvalue weighted by molar-refractivity contribution is -0.138. The highest BCUT2D eigenvalue weighted by Crippen LogP contribution is 2.35. The maximum Gasteiger partial charge on any atom is 0.271 e. The van der Waals surface area contributed by atoms with Gasteiger partial charge in [0.25, 0.3) is 5.91 Å². The van der Waals surface area contributed by atoms with Gasteiger partial charge in [-0.15, -0.1) is 0 Å². The fraction of sp³-hybridized carbons (Fsp3) is 0.333. The fourth-order valence-corrected chi connectivity index (χ4v) is 3.03. The first-order valence-electron chi connectivity index (χ1n) is 9.45. The molecule has 2 rings (SSSR count). The van der Waals surface area contributed by atoms with Crippen molar-refractivity contribution in [3.8, 4) is 11.5 Å². The van der Waals surface area contributed by atoms with Crippen LogP contribution in [0.2, 0.25) is 0 Å². The van der Waals surface area contributed by atoms with Crippen molar-refractivity contribution in [1.29, 1.82) is 5.41 Å². The maximum absolute atomic E-state index is 14.8. The van der Waals surface area contributed by atoms with Gasteiger partial charge in [0.2, 0.25) is 0 Å². The summed E-state index contributed by atoms with van der Waals surface area (Å²) < 4.78 is 31.7. The van der Waals surface area contributed by atoms with Gasteiger partial charge in [-0.2, -0.15) is 0 Å². The van der Waals surface area contributed by atoms with Crippen LogP contribution in [0.4, 0.5) is 4.39 Å². The zero-order valence-electron chi connectivity index (χ0n) is 17.2. The lowest BCUT2D eigenvalue weighted by atomic mass is 10.1. The monoisotopic (exact) mass is 453 g/mol. The van der Waals surface area contributed by atoms with Crippen LogP contribution in [-0.2, 0) is 16.1 Å². The van der Waals surface area contributed by atoms with Gasteiger partial charge in [-0.05, 0) is 18.6 Å². The third-order valence-electron chi connectivity index (χ3n) is 4.28. The predicted octanol–water partition coefficient (Wildman–Crippen LogP) is 2.75. The summed E-state index contributed by atoms with van der Waals surface area (Å²) >= 11 is 6.18. The molecule has 0 saturated carbocycles. The van der Waals surface area contributed by atoms with Gasteiger partial charge in [-0.3, -0.25) is 10.2 Å². The summed E-state index contributed by atoms with van der Waals surface area (Å²) in [5.74, 6) is -1.18. The number of amidine groups is 1. The van der Waals surface area contributed by atoms with E-state index in [2.05, 4.69) is 0 Å². The average molecular weight is 454 g/mol. The van der Waals surface area contributed by atoms with Crippen LogP contribution < -0.4 is 15.2 Å². The molecule has 0 saturated heterocycles. The molecule has 0 bridgehead atoms. The highest BCUT2D eigenvalue weighted by Gasteiger charge is 2.29. The van der Waals surface area contributed by atoms with Gasteiger partial charge in [0.15, 0.2) is 17.6 Å². The largest absolute Gasteiger partial charge is 0.490 e. The highest BCUT2D eigenvalue weighted by molar-refractivity contribution is 6.21. The Labute approximate surface area is 184 Å². The first-order chi connectivity index (χ1) is 14.8. The molecule has 0 aromatic heterocycles. The normalized spacial score (nSPS) is 11.6. The SMILES string of the molecule is CCOc1cc(C(OC)C(=O)N(Cl)Cc2ccc(C(=N)N)cc2)c(F)cc1OCCO. The first kappa shape index (κ1) is 24.4. The second kappa shape index (κ2) is 11.5. The number of carbonyl (C=O) groups is 1. The number of carbonyl (C=O) groups excluding carboxylic acids is 1. The van der Waals surface area contributed by atoms with E-state index >= 15 is 0 Å². The van der Waals surface area contributed by atoms with Crippen LogP contribution in [0.15, 0.2) is 36.4 Å². The smallest absolute Gasteiger partial charge is 0.271 e. The molecule has 10 heteroatoms. The summed E-state index contributed by atoms with van der Waals surface area (Å²) in [6.07, 6.45) is -1.32. The zero-order valence-corrected chi connectivity index (χ0v) is 18.0. The van der Waals surface area contributed by atoms with E-state index in [4.69, 9.17) is 42.2 Å². The molecule has 1 unspecified atom stereocenters. The summed E-state index contributed by atoms with van der Waals surface area (Å²) in [6, 6.07) is 9.04. The molecule has 0 spiro atoms. The third kappa shape index (κ3) is 6.30. The van der Waals surface area contributed by atoms with Gasteiger partial charge >= 0.3 is 0 Å². The molecule has 0 heterocycles. The van der Waals surface area contributed by atoms with E-state index in [0.29, 0.717) is 11.1 Å². The number of aliphatic hydroxyl groups is 1. The molecule has 8 nitrogen and oxygen atoms in total. The van der Waals surface area contributed by atoms with Crippen molar-refractivity contribution < 1.29 is 28.5 Å². The molecule has 1 atom stereocenters. The Morgan fingerprint density at radius 1 is 1.26 bits per heavy atom. The van der Waals surface area contributed by atoms with E-state index in [1.807, 2.05) is 0 Å². The van der Waals surface area contributed by atoms with Crippen LogP contribution in [-0.4, -0.2) is 48.2 Å². The Bertz CT molecular complexity index is 911. The first-order valence-corrected chi connectivity index (χ1v) is 9.79. The third-order valence-corrected chi connectivity index (χ3v) is 4.57. The second-order valence-electron chi connectivity index (χ2n) is 6.41. The van der Waals surface area contributed by atoms with Crippen molar-refractivity contribution in [2.75, 3.05) is 26.9 Å². The van der Waals surface area contributed by atoms with E-state index in [9.17, 15) is 9.18 Å². The Morgan fingerprint density at radius 2 is 1.90 bits per heavy atom. The minimum Gasteiger partial charge on any atom is -0.490 e. The van der Waals surface area contributed by atoms with Crippen molar-refractivity contribution in [3.05, 3.63) is 58.9 Å². The van der Waals surface area contributed by atoms with E-state index in [-0.39, 0.29) is 49.3 Å². The Hall–Kier alpha value is -2.88. The van der Waals surface area contributed by atoms with Crippen LogP contribution in [0.1, 0.15) is 29.7 Å². The average Bonchev–Trinajstić information content (AvgIpc) is 2.75. The van der Waals surface area contributed by atoms with E-state index < -0.39 is 17.8 Å². The van der Waals surface area contributed by atoms with Crippen molar-refractivity contribution in [2.45, 2.75) is 19.6 Å². The van der Waals surface area contributed by atoms with Crippen LogP contribution in [0.25, 0.3) is 0 Å². The number of nitrogens with zero attached hydrogens (tertiary/aromatic N) is 1. The number of benzene rings is 2.